The van der Waals surface area contributed by atoms with Gasteiger partial charge in [-0.05, 0) is 55.3 Å². The Balaban J connectivity index is 1.34. The summed E-state index contributed by atoms with van der Waals surface area (Å²) >= 11 is 0. The van der Waals surface area contributed by atoms with Crippen molar-refractivity contribution in [2.45, 2.75) is 32.9 Å². The number of nitrogens with zero attached hydrogens (tertiary/aromatic N) is 6. The molecule has 2 N–H and O–H groups in total. The third kappa shape index (κ3) is 5.66. The predicted octanol–water partition coefficient (Wildman–Crippen LogP) is 5.84. The fourth-order valence-corrected chi connectivity index (χ4v) is 5.43. The first-order chi connectivity index (χ1) is 20.5. The minimum Gasteiger partial charge on any atom is -0.497 e. The molecular weight excluding hydrogens is 531 g/mol. The van der Waals surface area contributed by atoms with Crippen LogP contribution in [0.5, 0.6) is 5.75 Å². The molecule has 1 atom stereocenters. The van der Waals surface area contributed by atoms with Crippen LogP contribution >= 0.6 is 0 Å². The molecule has 0 amide bonds. The fourth-order valence-electron chi connectivity index (χ4n) is 5.43. The monoisotopic (exact) mass is 564 g/mol. The zero-order chi connectivity index (χ0) is 29.1. The van der Waals surface area contributed by atoms with Crippen molar-refractivity contribution in [3.63, 3.8) is 0 Å². The van der Waals surface area contributed by atoms with Gasteiger partial charge in [0.05, 0.1) is 12.8 Å². The van der Waals surface area contributed by atoms with Crippen LogP contribution in [0.4, 0.5) is 21.8 Å². The molecule has 9 nitrogen and oxygen atoms in total. The first-order valence-electron chi connectivity index (χ1n) is 14.0. The van der Waals surface area contributed by atoms with E-state index in [0.29, 0.717) is 36.2 Å². The van der Waals surface area contributed by atoms with Crippen LogP contribution in [0.15, 0.2) is 79.1 Å². The molecule has 0 saturated carbocycles. The molecule has 10 heteroatoms. The summed E-state index contributed by atoms with van der Waals surface area (Å²) in [6.07, 6.45) is 1.41. The summed E-state index contributed by atoms with van der Waals surface area (Å²) in [6, 6.07) is 23.5. The molecule has 1 unspecified atom stereocenters. The van der Waals surface area contributed by atoms with Crippen LogP contribution in [-0.4, -0.2) is 49.8 Å². The Labute approximate surface area is 244 Å². The lowest BCUT2D eigenvalue weighted by molar-refractivity contribution is 0.229. The van der Waals surface area contributed by atoms with Crippen molar-refractivity contribution < 1.29 is 9.13 Å². The average molecular weight is 565 g/mol. The maximum atomic E-state index is 15.1. The van der Waals surface area contributed by atoms with Crippen molar-refractivity contribution in [2.75, 3.05) is 30.8 Å². The standard InChI is InChI=1S/C32H33FN8O/c1-4-34-31-27-19-40(17-22-10-13-25(42-3)14-11-22)18-26(23-8-6-5-7-9-23)30(27)38-32(39-31)37-24-12-15-29(28(33)16-24)41-21(2)35-20-36-41/h5-16,20,26H,4,17-19H2,1-3H3,(H2,34,37,38,39). The van der Waals surface area contributed by atoms with Crippen LogP contribution in [0.2, 0.25) is 0 Å². The Hall–Kier alpha value is -4.83. The molecule has 3 heterocycles. The lowest BCUT2D eigenvalue weighted by Crippen LogP contribution is -2.35. The van der Waals surface area contributed by atoms with E-state index in [-0.39, 0.29) is 5.92 Å². The number of rotatable bonds is 9. The summed E-state index contributed by atoms with van der Waals surface area (Å²) < 4.78 is 21.9. The maximum Gasteiger partial charge on any atom is 0.229 e. The quantitative estimate of drug-likeness (QED) is 0.231. The number of hydrogen-bond donors (Lipinski definition) is 2. The topological polar surface area (TPSA) is 93.0 Å². The molecule has 214 valence electrons. The van der Waals surface area contributed by atoms with Gasteiger partial charge >= 0.3 is 0 Å². The molecule has 1 aliphatic rings. The second-order valence-electron chi connectivity index (χ2n) is 10.3. The smallest absolute Gasteiger partial charge is 0.229 e. The number of halogens is 1. The van der Waals surface area contributed by atoms with E-state index in [0.717, 1.165) is 35.9 Å². The number of nitrogens with one attached hydrogen (secondary N) is 2. The summed E-state index contributed by atoms with van der Waals surface area (Å²) in [7, 11) is 1.68. The van der Waals surface area contributed by atoms with Gasteiger partial charge in [0.25, 0.3) is 0 Å². The second-order valence-corrected chi connectivity index (χ2v) is 10.3. The molecule has 3 aromatic carbocycles. The SMILES string of the molecule is CCNc1nc(Nc2ccc(-n3ncnc3C)c(F)c2)nc2c1CN(Cc1ccc(OC)cc1)CC2c1ccccc1. The number of methoxy groups -OCH3 is 1. The Morgan fingerprint density at radius 1 is 1.02 bits per heavy atom. The largest absolute Gasteiger partial charge is 0.497 e. The molecule has 0 fully saturated rings. The first-order valence-corrected chi connectivity index (χ1v) is 14.0. The van der Waals surface area contributed by atoms with E-state index in [1.165, 1.54) is 28.2 Å². The molecular formula is C32H33FN8O. The Kier molecular flexibility index (Phi) is 7.78. The first kappa shape index (κ1) is 27.3. The van der Waals surface area contributed by atoms with E-state index in [9.17, 15) is 0 Å². The number of aryl methyl sites for hydroxylation is 1. The van der Waals surface area contributed by atoms with Crippen LogP contribution in [-0.2, 0) is 13.1 Å². The summed E-state index contributed by atoms with van der Waals surface area (Å²) in [5.41, 5.74) is 5.31. The third-order valence-corrected chi connectivity index (χ3v) is 7.45. The maximum absolute atomic E-state index is 15.1. The summed E-state index contributed by atoms with van der Waals surface area (Å²) in [6.45, 7) is 6.82. The Morgan fingerprint density at radius 3 is 2.52 bits per heavy atom. The summed E-state index contributed by atoms with van der Waals surface area (Å²) in [5.74, 6) is 2.25. The molecule has 42 heavy (non-hydrogen) atoms. The fraction of sp³-hybridized carbons (Fsp3) is 0.250. The predicted molar refractivity (Wildman–Crippen MR) is 161 cm³/mol. The van der Waals surface area contributed by atoms with Gasteiger partial charge in [-0.25, -0.2) is 19.0 Å². The highest BCUT2D eigenvalue weighted by atomic mass is 19.1. The third-order valence-electron chi connectivity index (χ3n) is 7.45. The highest BCUT2D eigenvalue weighted by Gasteiger charge is 2.31. The minimum atomic E-state index is -0.421. The van der Waals surface area contributed by atoms with Crippen molar-refractivity contribution in [2.24, 2.45) is 0 Å². The van der Waals surface area contributed by atoms with Crippen molar-refractivity contribution in [1.29, 1.82) is 0 Å². The zero-order valence-electron chi connectivity index (χ0n) is 23.9. The molecule has 0 bridgehead atoms. The van der Waals surface area contributed by atoms with Gasteiger partial charge in [0.2, 0.25) is 5.95 Å². The molecule has 2 aromatic heterocycles. The molecule has 0 spiro atoms. The van der Waals surface area contributed by atoms with Gasteiger partial charge in [-0.15, -0.1) is 0 Å². The number of fused-ring (bicyclic) bond motifs is 1. The number of aromatic nitrogens is 5. The van der Waals surface area contributed by atoms with E-state index in [4.69, 9.17) is 14.7 Å². The van der Waals surface area contributed by atoms with Gasteiger partial charge < -0.3 is 15.4 Å². The normalized spacial score (nSPS) is 14.8. The molecule has 1 aliphatic heterocycles. The molecule has 0 aliphatic carbocycles. The molecule has 6 rings (SSSR count). The van der Waals surface area contributed by atoms with Crippen LogP contribution in [0.1, 0.15) is 41.1 Å². The van der Waals surface area contributed by atoms with Gasteiger partial charge in [-0.3, -0.25) is 4.90 Å². The van der Waals surface area contributed by atoms with Crippen LogP contribution in [0.25, 0.3) is 5.69 Å². The van der Waals surface area contributed by atoms with Crippen molar-refractivity contribution in [3.8, 4) is 11.4 Å². The number of ether oxygens (including phenoxy) is 1. The van der Waals surface area contributed by atoms with E-state index >= 15 is 4.39 Å². The number of anilines is 3. The number of hydrogen-bond acceptors (Lipinski definition) is 8. The van der Waals surface area contributed by atoms with Gasteiger partial charge in [0, 0.05) is 43.3 Å². The average Bonchev–Trinajstić information content (AvgIpc) is 3.43. The summed E-state index contributed by atoms with van der Waals surface area (Å²) in [5, 5.41) is 10.8. The van der Waals surface area contributed by atoms with E-state index in [2.05, 4.69) is 68.9 Å². The Morgan fingerprint density at radius 2 is 1.83 bits per heavy atom. The highest BCUT2D eigenvalue weighted by Crippen LogP contribution is 2.37. The lowest BCUT2D eigenvalue weighted by Gasteiger charge is -2.35. The van der Waals surface area contributed by atoms with E-state index in [1.54, 1.807) is 26.2 Å². The van der Waals surface area contributed by atoms with Gasteiger partial charge in [0.1, 0.15) is 29.4 Å². The zero-order valence-corrected chi connectivity index (χ0v) is 23.9. The molecule has 5 aromatic rings. The van der Waals surface area contributed by atoms with Crippen molar-refractivity contribution in [3.05, 3.63) is 113 Å². The van der Waals surface area contributed by atoms with Gasteiger partial charge in [-0.1, -0.05) is 42.5 Å². The lowest BCUT2D eigenvalue weighted by atomic mass is 9.88. The molecule has 0 saturated heterocycles. The molecule has 0 radical (unpaired) electrons. The Bertz CT molecular complexity index is 1670. The van der Waals surface area contributed by atoms with Crippen molar-refractivity contribution in [1.82, 2.24) is 29.6 Å². The van der Waals surface area contributed by atoms with Gasteiger partial charge in [-0.2, -0.15) is 10.1 Å². The van der Waals surface area contributed by atoms with Crippen LogP contribution < -0.4 is 15.4 Å². The minimum absolute atomic E-state index is 0.0311. The highest BCUT2D eigenvalue weighted by molar-refractivity contribution is 5.61. The van der Waals surface area contributed by atoms with Crippen LogP contribution in [0, 0.1) is 12.7 Å². The van der Waals surface area contributed by atoms with E-state index < -0.39 is 5.82 Å². The van der Waals surface area contributed by atoms with E-state index in [1.807, 2.05) is 18.2 Å². The van der Waals surface area contributed by atoms with Crippen molar-refractivity contribution >= 4 is 17.5 Å². The second kappa shape index (κ2) is 12.0. The summed E-state index contributed by atoms with van der Waals surface area (Å²) in [4.78, 5) is 16.4. The number of benzene rings is 3. The van der Waals surface area contributed by atoms with Gasteiger partial charge in [0.15, 0.2) is 5.82 Å². The van der Waals surface area contributed by atoms with Crippen LogP contribution in [0.3, 0.4) is 0 Å².